The number of hydrogen-bond acceptors (Lipinski definition) is 4. The van der Waals surface area contributed by atoms with Gasteiger partial charge in [0.1, 0.15) is 11.5 Å². The van der Waals surface area contributed by atoms with Gasteiger partial charge in [0.05, 0.1) is 18.7 Å². The molecule has 2 N–H and O–H groups in total. The van der Waals surface area contributed by atoms with Crippen LogP contribution in [0.4, 0.5) is 56.6 Å². The van der Waals surface area contributed by atoms with Crippen LogP contribution in [0.1, 0.15) is 27.8 Å². The summed E-state index contributed by atoms with van der Waals surface area (Å²) < 4.78 is 128. The number of aryl methyl sites for hydroxylation is 2. The Kier molecular flexibility index (Phi) is 9.92. The lowest BCUT2D eigenvalue weighted by Gasteiger charge is -2.32. The van der Waals surface area contributed by atoms with Crippen molar-refractivity contribution in [2.45, 2.75) is 44.5 Å². The van der Waals surface area contributed by atoms with E-state index in [1.807, 2.05) is 13.0 Å². The highest BCUT2D eigenvalue weighted by Gasteiger charge is 2.71. The normalized spacial score (nSPS) is 12.4. The summed E-state index contributed by atoms with van der Waals surface area (Å²) in [6, 6.07) is 20.9. The fraction of sp³-hybridized carbons (Fsp3) is 0.189. The SMILES string of the molecule is [C-]#[N+]c1c(C(F)(F)F)cc(-c2ccc(Oc3cccc(Nc4ccc(C(O)(C(F)(F)F)C(F)(F)F)cc4)c3)cc2)n(Cc2ccc(C)cc2C)c1=O. The van der Waals surface area contributed by atoms with E-state index in [1.54, 1.807) is 19.1 Å². The average Bonchev–Trinajstić information content (AvgIpc) is 3.05. The monoisotopic (exact) mass is 731 g/mol. The zero-order chi connectivity index (χ0) is 38.2. The quantitative estimate of drug-likeness (QED) is 0.123. The molecule has 15 heteroatoms. The van der Waals surface area contributed by atoms with Crippen LogP contribution in [0, 0.1) is 20.4 Å². The van der Waals surface area contributed by atoms with E-state index in [0.717, 1.165) is 33.9 Å². The van der Waals surface area contributed by atoms with Gasteiger partial charge in [0.15, 0.2) is 0 Å². The third kappa shape index (κ3) is 7.47. The highest BCUT2D eigenvalue weighted by molar-refractivity contribution is 5.67. The third-order valence-electron chi connectivity index (χ3n) is 8.15. The molecule has 0 aliphatic rings. The zero-order valence-corrected chi connectivity index (χ0v) is 27.0. The minimum absolute atomic E-state index is 0.0858. The molecule has 0 unspecified atom stereocenters. The molecular formula is C37H26F9N3O3. The topological polar surface area (TPSA) is 67.8 Å². The maximum atomic E-state index is 14.0. The van der Waals surface area contributed by atoms with Gasteiger partial charge in [-0.3, -0.25) is 4.79 Å². The van der Waals surface area contributed by atoms with Gasteiger partial charge in [-0.05, 0) is 85.1 Å². The van der Waals surface area contributed by atoms with Crippen molar-refractivity contribution in [2.75, 3.05) is 5.32 Å². The summed E-state index contributed by atoms with van der Waals surface area (Å²) in [6.07, 6.45) is -17.0. The lowest BCUT2D eigenvalue weighted by molar-refractivity contribution is -0.376. The molecule has 0 fully saturated rings. The first-order valence-electron chi connectivity index (χ1n) is 15.1. The van der Waals surface area contributed by atoms with Crippen molar-refractivity contribution >= 4 is 17.1 Å². The van der Waals surface area contributed by atoms with Crippen LogP contribution in [-0.2, 0) is 18.3 Å². The Morgan fingerprint density at radius 3 is 1.96 bits per heavy atom. The molecule has 0 aliphatic heterocycles. The van der Waals surface area contributed by atoms with Gasteiger partial charge in [-0.15, -0.1) is 0 Å². The molecule has 4 aromatic carbocycles. The number of nitrogens with zero attached hydrogens (tertiary/aromatic N) is 2. The largest absolute Gasteiger partial charge is 0.457 e. The van der Waals surface area contributed by atoms with E-state index in [9.17, 15) is 49.4 Å². The first-order valence-corrected chi connectivity index (χ1v) is 15.1. The van der Waals surface area contributed by atoms with Crippen molar-refractivity contribution < 1.29 is 49.4 Å². The Morgan fingerprint density at radius 1 is 0.769 bits per heavy atom. The molecule has 5 aromatic rings. The third-order valence-corrected chi connectivity index (χ3v) is 8.15. The fourth-order valence-electron chi connectivity index (χ4n) is 5.47. The van der Waals surface area contributed by atoms with Crippen molar-refractivity contribution in [3.05, 3.63) is 147 Å². The molecule has 0 saturated heterocycles. The summed E-state index contributed by atoms with van der Waals surface area (Å²) in [5.74, 6) is 0.450. The van der Waals surface area contributed by atoms with Crippen LogP contribution < -0.4 is 15.6 Å². The molecule has 5 rings (SSSR count). The Morgan fingerprint density at radius 2 is 1.40 bits per heavy atom. The van der Waals surface area contributed by atoms with Gasteiger partial charge in [0.2, 0.25) is 0 Å². The molecule has 1 heterocycles. The molecule has 0 spiro atoms. The molecule has 0 bridgehead atoms. The second-order valence-corrected chi connectivity index (χ2v) is 11.8. The van der Waals surface area contributed by atoms with Crippen molar-refractivity contribution in [2.24, 2.45) is 0 Å². The van der Waals surface area contributed by atoms with Crippen molar-refractivity contribution in [1.82, 2.24) is 4.57 Å². The second kappa shape index (κ2) is 13.8. The number of aliphatic hydroxyl groups is 1. The fourth-order valence-corrected chi connectivity index (χ4v) is 5.47. The van der Waals surface area contributed by atoms with E-state index in [0.29, 0.717) is 23.4 Å². The maximum Gasteiger partial charge on any atom is 0.430 e. The summed E-state index contributed by atoms with van der Waals surface area (Å²) in [6.45, 7) is 10.9. The molecule has 0 amide bonds. The Hall–Kier alpha value is -5.75. The summed E-state index contributed by atoms with van der Waals surface area (Å²) >= 11 is 0. The van der Waals surface area contributed by atoms with Gasteiger partial charge in [-0.25, -0.2) is 4.85 Å². The van der Waals surface area contributed by atoms with Gasteiger partial charge in [-0.2, -0.15) is 39.5 Å². The van der Waals surface area contributed by atoms with Gasteiger partial charge in [0.25, 0.3) is 16.8 Å². The molecular weight excluding hydrogens is 705 g/mol. The van der Waals surface area contributed by atoms with Gasteiger partial charge in [-0.1, -0.05) is 42.0 Å². The number of ether oxygens (including phenoxy) is 1. The number of nitrogens with one attached hydrogen (secondary N) is 1. The van der Waals surface area contributed by atoms with Crippen LogP contribution in [0.5, 0.6) is 11.5 Å². The van der Waals surface area contributed by atoms with E-state index >= 15 is 0 Å². The second-order valence-electron chi connectivity index (χ2n) is 11.8. The number of benzene rings is 4. The predicted molar refractivity (Wildman–Crippen MR) is 175 cm³/mol. The number of halogens is 9. The van der Waals surface area contributed by atoms with Crippen molar-refractivity contribution in [1.29, 1.82) is 0 Å². The number of rotatable bonds is 8. The predicted octanol–water partition coefficient (Wildman–Crippen LogP) is 10.6. The maximum absolute atomic E-state index is 14.0. The van der Waals surface area contributed by atoms with Crippen LogP contribution in [0.25, 0.3) is 16.1 Å². The van der Waals surface area contributed by atoms with Crippen LogP contribution in [-0.4, -0.2) is 22.0 Å². The van der Waals surface area contributed by atoms with Crippen LogP contribution in [0.15, 0.2) is 102 Å². The number of alkyl halides is 9. The zero-order valence-electron chi connectivity index (χ0n) is 27.0. The highest BCUT2D eigenvalue weighted by Crippen LogP contribution is 2.50. The van der Waals surface area contributed by atoms with Crippen LogP contribution in [0.2, 0.25) is 0 Å². The molecule has 0 aliphatic carbocycles. The van der Waals surface area contributed by atoms with Crippen LogP contribution in [0.3, 0.4) is 0 Å². The minimum Gasteiger partial charge on any atom is -0.457 e. The van der Waals surface area contributed by atoms with Crippen molar-refractivity contribution in [3.8, 4) is 22.8 Å². The van der Waals surface area contributed by atoms with E-state index in [4.69, 9.17) is 11.3 Å². The smallest absolute Gasteiger partial charge is 0.430 e. The van der Waals surface area contributed by atoms with E-state index in [-0.39, 0.29) is 35.0 Å². The molecule has 6 nitrogen and oxygen atoms in total. The van der Waals surface area contributed by atoms with E-state index < -0.39 is 46.5 Å². The number of hydrogen-bond donors (Lipinski definition) is 2. The van der Waals surface area contributed by atoms with E-state index in [2.05, 4.69) is 10.2 Å². The number of anilines is 2. The van der Waals surface area contributed by atoms with Gasteiger partial charge < -0.3 is 19.7 Å². The Bertz CT molecular complexity index is 2190. The highest BCUT2D eigenvalue weighted by atomic mass is 19.4. The minimum atomic E-state index is -6.03. The molecule has 0 saturated carbocycles. The first-order chi connectivity index (χ1) is 24.2. The average molecular weight is 732 g/mol. The lowest BCUT2D eigenvalue weighted by Crippen LogP contribution is -2.53. The molecule has 1 aromatic heterocycles. The number of aromatic nitrogens is 1. The molecule has 0 radical (unpaired) electrons. The number of pyridine rings is 1. The van der Waals surface area contributed by atoms with Gasteiger partial charge in [0, 0.05) is 28.7 Å². The summed E-state index contributed by atoms with van der Waals surface area (Å²) in [5.41, 5.74) is -7.05. The Labute approximate surface area is 290 Å². The molecule has 52 heavy (non-hydrogen) atoms. The lowest BCUT2D eigenvalue weighted by atomic mass is 9.92. The standard InChI is InChI=1S/C37H26F9N3O3/c1-21-7-8-24(22(2)17-21)20-49-31(19-30(35(38,39)40)32(47-3)33(49)50)23-9-15-28(16-10-23)52-29-6-4-5-27(18-29)48-26-13-11-25(12-14-26)34(51,36(41,42)43)37(44,45)46/h4-19,48,51H,20H2,1-2H3. The summed E-state index contributed by atoms with van der Waals surface area (Å²) in [5, 5.41) is 12.4. The van der Waals surface area contributed by atoms with Gasteiger partial charge >= 0.3 is 18.5 Å². The summed E-state index contributed by atoms with van der Waals surface area (Å²) in [7, 11) is 0. The van der Waals surface area contributed by atoms with E-state index in [1.165, 1.54) is 48.5 Å². The van der Waals surface area contributed by atoms with Crippen molar-refractivity contribution in [3.63, 3.8) is 0 Å². The first kappa shape index (κ1) is 37.5. The molecule has 0 atom stereocenters. The molecule has 270 valence electrons. The Balaban J connectivity index is 1.41. The summed E-state index contributed by atoms with van der Waals surface area (Å²) in [4.78, 5) is 16.3. The van der Waals surface area contributed by atoms with Crippen LogP contribution >= 0.6 is 0 Å².